The number of rotatable bonds is 4. The molecule has 5 rings (SSSR count). The van der Waals surface area contributed by atoms with Crippen LogP contribution < -0.4 is 10.1 Å². The van der Waals surface area contributed by atoms with Crippen molar-refractivity contribution in [2.75, 3.05) is 12.4 Å². The third-order valence-electron chi connectivity index (χ3n) is 5.22. The van der Waals surface area contributed by atoms with Gasteiger partial charge >= 0.3 is 0 Å². The number of benzene rings is 3. The molecule has 0 bridgehead atoms. The average molecular weight is 438 g/mol. The number of hydrazone groups is 1. The zero-order valence-corrected chi connectivity index (χ0v) is 17.5. The van der Waals surface area contributed by atoms with E-state index in [0.29, 0.717) is 28.2 Å². The molecule has 0 radical (unpaired) electrons. The fraction of sp³-hybridized carbons (Fsp3) is 0.0400. The van der Waals surface area contributed by atoms with Crippen LogP contribution in [0.4, 0.5) is 5.69 Å². The number of anilines is 1. The van der Waals surface area contributed by atoms with E-state index < -0.39 is 11.8 Å². The van der Waals surface area contributed by atoms with Crippen LogP contribution in [0.2, 0.25) is 0 Å². The Bertz CT molecular complexity index is 1380. The van der Waals surface area contributed by atoms with E-state index in [0.717, 1.165) is 5.01 Å². The third kappa shape index (κ3) is 3.63. The summed E-state index contributed by atoms with van der Waals surface area (Å²) in [6, 6.07) is 21.0. The van der Waals surface area contributed by atoms with Crippen molar-refractivity contribution >= 4 is 35.1 Å². The lowest BCUT2D eigenvalue weighted by Crippen LogP contribution is -2.30. The van der Waals surface area contributed by atoms with Gasteiger partial charge in [-0.2, -0.15) is 10.1 Å². The molecule has 3 aromatic rings. The number of hydrogen-bond acceptors (Lipinski definition) is 6. The number of carbonyl (C=O) groups excluding carboxylic acids is 2. The van der Waals surface area contributed by atoms with Crippen molar-refractivity contribution in [1.29, 1.82) is 0 Å². The number of carbonyl (C=O) groups is 2. The molecule has 0 saturated carbocycles. The Balaban J connectivity index is 1.60. The van der Waals surface area contributed by atoms with Gasteiger partial charge in [0.2, 0.25) is 0 Å². The van der Waals surface area contributed by atoms with Gasteiger partial charge in [-0.25, -0.2) is 4.99 Å². The van der Waals surface area contributed by atoms with Gasteiger partial charge in [0.1, 0.15) is 5.70 Å². The van der Waals surface area contributed by atoms with Crippen LogP contribution in [0.1, 0.15) is 16.7 Å². The first-order valence-corrected chi connectivity index (χ1v) is 10.1. The molecule has 2 aliphatic heterocycles. The molecule has 0 fully saturated rings. The maximum Gasteiger partial charge on any atom is 0.298 e. The minimum absolute atomic E-state index is 0.00943. The summed E-state index contributed by atoms with van der Waals surface area (Å²) in [5.41, 5.74) is 2.81. The monoisotopic (exact) mass is 438 g/mol. The van der Waals surface area contributed by atoms with Gasteiger partial charge in [-0.3, -0.25) is 9.59 Å². The van der Waals surface area contributed by atoms with Crippen molar-refractivity contribution in [2.24, 2.45) is 10.1 Å². The lowest BCUT2D eigenvalue weighted by Gasteiger charge is -2.13. The predicted octanol–water partition coefficient (Wildman–Crippen LogP) is 3.39. The van der Waals surface area contributed by atoms with E-state index in [9.17, 15) is 14.7 Å². The number of nitrogens with one attached hydrogen (secondary N) is 1. The summed E-state index contributed by atoms with van der Waals surface area (Å²) in [6.45, 7) is 0. The SMILES string of the molecule is COc1cc(/C=C2\N=C(c3ccccc3)N(/N=C3\C(=O)Nc4ccccc43)C2=O)ccc1O. The molecule has 0 aliphatic carbocycles. The van der Waals surface area contributed by atoms with Crippen molar-refractivity contribution < 1.29 is 19.4 Å². The Labute approximate surface area is 189 Å². The van der Waals surface area contributed by atoms with Crippen LogP contribution in [0.5, 0.6) is 11.5 Å². The molecule has 2 aliphatic rings. The number of phenols is 1. The number of hydrogen-bond donors (Lipinski definition) is 2. The highest BCUT2D eigenvalue weighted by Crippen LogP contribution is 2.30. The highest BCUT2D eigenvalue weighted by molar-refractivity contribution is 6.54. The topological polar surface area (TPSA) is 104 Å². The maximum absolute atomic E-state index is 13.3. The Kier molecular flexibility index (Phi) is 4.95. The van der Waals surface area contributed by atoms with Crippen molar-refractivity contribution in [3.05, 3.63) is 95.2 Å². The van der Waals surface area contributed by atoms with Crippen molar-refractivity contribution in [2.45, 2.75) is 0 Å². The number of amides is 2. The van der Waals surface area contributed by atoms with Crippen LogP contribution in [0.15, 0.2) is 88.6 Å². The van der Waals surface area contributed by atoms with Crippen LogP contribution in [0, 0.1) is 0 Å². The van der Waals surface area contributed by atoms with E-state index in [-0.39, 0.29) is 22.9 Å². The van der Waals surface area contributed by atoms with E-state index >= 15 is 0 Å². The second kappa shape index (κ2) is 8.08. The summed E-state index contributed by atoms with van der Waals surface area (Å²) in [7, 11) is 1.45. The predicted molar refractivity (Wildman–Crippen MR) is 124 cm³/mol. The van der Waals surface area contributed by atoms with E-state index in [1.54, 1.807) is 36.4 Å². The minimum atomic E-state index is -0.481. The summed E-state index contributed by atoms with van der Waals surface area (Å²) in [4.78, 5) is 30.4. The molecular formula is C25H18N4O4. The molecule has 0 aromatic heterocycles. The lowest BCUT2D eigenvalue weighted by molar-refractivity contribution is -0.122. The molecule has 162 valence electrons. The number of para-hydroxylation sites is 1. The van der Waals surface area contributed by atoms with Gasteiger partial charge in [-0.15, -0.1) is 0 Å². The van der Waals surface area contributed by atoms with Gasteiger partial charge in [0.15, 0.2) is 23.0 Å². The molecule has 3 aromatic carbocycles. The van der Waals surface area contributed by atoms with Gasteiger partial charge < -0.3 is 15.2 Å². The van der Waals surface area contributed by atoms with Crippen molar-refractivity contribution in [1.82, 2.24) is 5.01 Å². The Morgan fingerprint density at radius 3 is 2.58 bits per heavy atom. The average Bonchev–Trinajstić information content (AvgIpc) is 3.32. The number of ether oxygens (including phenoxy) is 1. The van der Waals surface area contributed by atoms with Crippen LogP contribution in [-0.2, 0) is 9.59 Å². The summed E-state index contributed by atoms with van der Waals surface area (Å²) in [5.74, 6) is -0.298. The highest BCUT2D eigenvalue weighted by atomic mass is 16.5. The number of fused-ring (bicyclic) bond motifs is 1. The summed E-state index contributed by atoms with van der Waals surface area (Å²) >= 11 is 0. The van der Waals surface area contributed by atoms with E-state index in [4.69, 9.17) is 4.74 Å². The van der Waals surface area contributed by atoms with Crippen molar-refractivity contribution in [3.63, 3.8) is 0 Å². The second-order valence-corrected chi connectivity index (χ2v) is 7.33. The quantitative estimate of drug-likeness (QED) is 0.610. The molecule has 2 amide bonds. The van der Waals surface area contributed by atoms with Gasteiger partial charge in [0.05, 0.1) is 12.8 Å². The molecule has 8 nitrogen and oxygen atoms in total. The van der Waals surface area contributed by atoms with E-state index in [1.165, 1.54) is 13.2 Å². The van der Waals surface area contributed by atoms with Gasteiger partial charge in [0, 0.05) is 11.1 Å². The summed E-state index contributed by atoms with van der Waals surface area (Å²) in [5, 5.41) is 18.2. The van der Waals surface area contributed by atoms with Crippen LogP contribution in [0.25, 0.3) is 6.08 Å². The number of amidine groups is 1. The highest BCUT2D eigenvalue weighted by Gasteiger charge is 2.34. The Morgan fingerprint density at radius 1 is 1.03 bits per heavy atom. The Hall–Kier alpha value is -4.72. The lowest BCUT2D eigenvalue weighted by atomic mass is 10.1. The molecular weight excluding hydrogens is 420 g/mol. The zero-order valence-electron chi connectivity index (χ0n) is 17.5. The molecule has 0 spiro atoms. The van der Waals surface area contributed by atoms with Crippen LogP contribution >= 0.6 is 0 Å². The largest absolute Gasteiger partial charge is 0.504 e. The Morgan fingerprint density at radius 2 is 1.79 bits per heavy atom. The second-order valence-electron chi connectivity index (χ2n) is 7.33. The first-order valence-electron chi connectivity index (χ1n) is 10.1. The summed E-state index contributed by atoms with van der Waals surface area (Å²) in [6.07, 6.45) is 1.58. The first kappa shape index (κ1) is 20.2. The van der Waals surface area contributed by atoms with E-state index in [1.807, 2.05) is 36.4 Å². The summed E-state index contributed by atoms with van der Waals surface area (Å²) < 4.78 is 5.15. The molecule has 0 atom stereocenters. The number of phenolic OH excluding ortho intramolecular Hbond substituents is 1. The number of aliphatic imine (C=N–C) groups is 1. The van der Waals surface area contributed by atoms with Crippen molar-refractivity contribution in [3.8, 4) is 11.5 Å². The van der Waals surface area contributed by atoms with Gasteiger partial charge in [-0.1, -0.05) is 54.6 Å². The number of nitrogens with zero attached hydrogens (tertiary/aromatic N) is 3. The molecule has 0 saturated heterocycles. The molecule has 0 unspecified atom stereocenters. The third-order valence-corrected chi connectivity index (χ3v) is 5.22. The standard InChI is InChI=1S/C25H18N4O4/c1-33-21-14-15(11-12-20(21)30)13-19-25(32)29(23(26-19)16-7-3-2-4-8-16)28-22-17-9-5-6-10-18(17)27-24(22)31/h2-14,30H,1H3,(H,27,28,31)/b19-13-. The smallest absolute Gasteiger partial charge is 0.298 e. The molecule has 8 heteroatoms. The van der Waals surface area contributed by atoms with E-state index in [2.05, 4.69) is 15.4 Å². The fourth-order valence-corrected chi connectivity index (χ4v) is 3.62. The maximum atomic E-state index is 13.3. The zero-order chi connectivity index (χ0) is 22.9. The van der Waals surface area contributed by atoms with Crippen LogP contribution in [-0.4, -0.2) is 40.6 Å². The fourth-order valence-electron chi connectivity index (χ4n) is 3.62. The normalized spacial score (nSPS) is 17.4. The number of methoxy groups -OCH3 is 1. The first-order chi connectivity index (χ1) is 16.0. The van der Waals surface area contributed by atoms with Gasteiger partial charge in [-0.05, 0) is 29.8 Å². The van der Waals surface area contributed by atoms with Gasteiger partial charge in [0.25, 0.3) is 11.8 Å². The molecule has 2 heterocycles. The minimum Gasteiger partial charge on any atom is -0.504 e. The van der Waals surface area contributed by atoms with Crippen LogP contribution in [0.3, 0.4) is 0 Å². The molecule has 33 heavy (non-hydrogen) atoms. The number of aromatic hydroxyl groups is 1. The molecule has 2 N–H and O–H groups in total.